The third kappa shape index (κ3) is 4.44. The van der Waals surface area contributed by atoms with Crippen LogP contribution in [0.4, 0.5) is 10.7 Å². The number of ether oxygens (including phenoxy) is 1. The molecule has 0 unspecified atom stereocenters. The first-order valence-electron chi connectivity index (χ1n) is 7.39. The zero-order chi connectivity index (χ0) is 18.4. The van der Waals surface area contributed by atoms with Crippen LogP contribution in [0, 0.1) is 18.3 Å². The van der Waals surface area contributed by atoms with Crippen LogP contribution in [0.2, 0.25) is 0 Å². The second kappa shape index (κ2) is 8.42. The Kier molecular flexibility index (Phi) is 6.28. The number of nitriles is 1. The molecule has 0 bridgehead atoms. The zero-order valence-corrected chi connectivity index (χ0v) is 15.7. The van der Waals surface area contributed by atoms with Crippen molar-refractivity contribution in [1.29, 1.82) is 5.26 Å². The van der Waals surface area contributed by atoms with Crippen molar-refractivity contribution >= 4 is 50.9 Å². The topological polar surface area (TPSA) is 74.2 Å². The van der Waals surface area contributed by atoms with Crippen molar-refractivity contribution in [3.63, 3.8) is 0 Å². The lowest BCUT2D eigenvalue weighted by molar-refractivity contribution is 0.0601. The first kappa shape index (κ1) is 18.6. The molecule has 25 heavy (non-hydrogen) atoms. The molecule has 2 aromatic rings. The molecule has 128 valence electrons. The van der Waals surface area contributed by atoms with Gasteiger partial charge < -0.3 is 15.4 Å². The van der Waals surface area contributed by atoms with E-state index in [1.54, 1.807) is 0 Å². The fourth-order valence-corrected chi connectivity index (χ4v) is 3.73. The summed E-state index contributed by atoms with van der Waals surface area (Å²) >= 11 is 6.69. The van der Waals surface area contributed by atoms with Gasteiger partial charge in [-0.2, -0.15) is 5.26 Å². The van der Waals surface area contributed by atoms with Gasteiger partial charge in [0.1, 0.15) is 5.00 Å². The minimum Gasteiger partial charge on any atom is -0.465 e. The number of carbonyl (C=O) groups is 1. The number of rotatable bonds is 4. The molecule has 0 atom stereocenters. The molecule has 0 aliphatic carbocycles. The van der Waals surface area contributed by atoms with Gasteiger partial charge in [-0.05, 0) is 49.3 Å². The van der Waals surface area contributed by atoms with Crippen molar-refractivity contribution in [3.05, 3.63) is 52.4 Å². The van der Waals surface area contributed by atoms with Gasteiger partial charge >= 0.3 is 5.97 Å². The van der Waals surface area contributed by atoms with E-state index in [2.05, 4.69) is 10.6 Å². The Morgan fingerprint density at radius 1 is 1.32 bits per heavy atom. The highest BCUT2D eigenvalue weighted by molar-refractivity contribution is 7.80. The Morgan fingerprint density at radius 3 is 2.60 bits per heavy atom. The van der Waals surface area contributed by atoms with Crippen LogP contribution < -0.4 is 10.6 Å². The van der Waals surface area contributed by atoms with Crippen LogP contribution in [-0.2, 0) is 4.74 Å². The van der Waals surface area contributed by atoms with E-state index in [4.69, 9.17) is 22.2 Å². The number of hydrogen-bond donors (Lipinski definition) is 2. The fourth-order valence-electron chi connectivity index (χ4n) is 2.27. The van der Waals surface area contributed by atoms with E-state index in [9.17, 15) is 4.79 Å². The molecule has 0 aliphatic heterocycles. The summed E-state index contributed by atoms with van der Waals surface area (Å²) in [6, 6.07) is 11.5. The molecule has 0 radical (unpaired) electrons. The average molecular weight is 371 g/mol. The lowest BCUT2D eigenvalue weighted by Crippen LogP contribution is -2.20. The van der Waals surface area contributed by atoms with Crippen LogP contribution in [-0.4, -0.2) is 18.2 Å². The number of allylic oxidation sites excluding steroid dienone is 2. The Hall–Kier alpha value is -2.69. The predicted molar refractivity (Wildman–Crippen MR) is 106 cm³/mol. The van der Waals surface area contributed by atoms with Gasteiger partial charge in [0, 0.05) is 16.6 Å². The summed E-state index contributed by atoms with van der Waals surface area (Å²) in [4.78, 5) is 13.0. The van der Waals surface area contributed by atoms with Gasteiger partial charge in [0.05, 0.1) is 18.7 Å². The molecule has 0 spiro atoms. The third-order valence-electron chi connectivity index (χ3n) is 3.43. The Labute approximate surface area is 155 Å². The molecule has 1 aromatic heterocycles. The number of nitrogens with one attached hydrogen (secondary N) is 2. The number of carbonyl (C=O) groups excluding carboxylic acids is 1. The van der Waals surface area contributed by atoms with Gasteiger partial charge in [0.2, 0.25) is 0 Å². The van der Waals surface area contributed by atoms with Crippen LogP contribution in [0.1, 0.15) is 27.7 Å². The molecule has 2 N–H and O–H groups in total. The number of hydrogen-bond acceptors (Lipinski definition) is 5. The molecular weight excluding hydrogens is 354 g/mol. The number of thiophene rings is 1. The van der Waals surface area contributed by atoms with Gasteiger partial charge in [0.15, 0.2) is 5.11 Å². The zero-order valence-electron chi connectivity index (χ0n) is 14.0. The number of methoxy groups -OCH3 is 1. The largest absolute Gasteiger partial charge is 0.465 e. The fraction of sp³-hybridized carbons (Fsp3) is 0.167. The molecular formula is C18H17N3O2S2. The molecule has 1 heterocycles. The van der Waals surface area contributed by atoms with Crippen LogP contribution >= 0.6 is 23.6 Å². The van der Waals surface area contributed by atoms with E-state index in [0.717, 1.165) is 21.7 Å². The first-order valence-corrected chi connectivity index (χ1v) is 8.62. The van der Waals surface area contributed by atoms with E-state index in [-0.39, 0.29) is 0 Å². The molecule has 0 saturated heterocycles. The van der Waals surface area contributed by atoms with Gasteiger partial charge in [-0.3, -0.25) is 0 Å². The smallest absolute Gasteiger partial charge is 0.341 e. The maximum Gasteiger partial charge on any atom is 0.341 e. The number of para-hydroxylation sites is 1. The minimum absolute atomic E-state index is 0.367. The minimum atomic E-state index is -0.449. The highest BCUT2D eigenvalue weighted by atomic mass is 32.1. The van der Waals surface area contributed by atoms with E-state index in [1.165, 1.54) is 24.5 Å². The number of thiocarbonyl (C=S) groups is 1. The van der Waals surface area contributed by atoms with Crippen LogP contribution in [0.3, 0.4) is 0 Å². The number of nitrogens with zero attached hydrogens (tertiary/aromatic N) is 1. The molecule has 0 saturated carbocycles. The number of anilines is 2. The summed E-state index contributed by atoms with van der Waals surface area (Å²) in [6.45, 7) is 3.65. The third-order valence-corrected chi connectivity index (χ3v) is 4.98. The van der Waals surface area contributed by atoms with Crippen LogP contribution in [0.25, 0.3) is 5.57 Å². The highest BCUT2D eigenvalue weighted by Crippen LogP contribution is 2.37. The van der Waals surface area contributed by atoms with Crippen LogP contribution in [0.15, 0.2) is 36.4 Å². The average Bonchev–Trinajstić information content (AvgIpc) is 2.91. The van der Waals surface area contributed by atoms with E-state index in [0.29, 0.717) is 15.7 Å². The molecule has 0 aliphatic rings. The highest BCUT2D eigenvalue weighted by Gasteiger charge is 2.23. The summed E-state index contributed by atoms with van der Waals surface area (Å²) in [5.74, 6) is -0.449. The predicted octanol–water partition coefficient (Wildman–Crippen LogP) is 4.58. The summed E-state index contributed by atoms with van der Waals surface area (Å²) in [6.07, 6.45) is 1.45. The second-order valence-electron chi connectivity index (χ2n) is 5.15. The SMILES string of the molecule is COC(=O)c1c(NC(=S)Nc2ccccc2)sc(/C(C)=C/C#N)c1C. The Morgan fingerprint density at radius 2 is 2.00 bits per heavy atom. The van der Waals surface area contributed by atoms with Crippen molar-refractivity contribution in [2.75, 3.05) is 17.7 Å². The van der Waals surface area contributed by atoms with E-state index >= 15 is 0 Å². The Balaban J connectivity index is 2.34. The second-order valence-corrected chi connectivity index (χ2v) is 6.58. The number of esters is 1. The summed E-state index contributed by atoms with van der Waals surface area (Å²) in [7, 11) is 1.33. The first-order chi connectivity index (χ1) is 12.0. The van der Waals surface area contributed by atoms with E-state index < -0.39 is 5.97 Å². The lowest BCUT2D eigenvalue weighted by atomic mass is 10.1. The van der Waals surface area contributed by atoms with E-state index in [1.807, 2.05) is 50.2 Å². The Bertz CT molecular complexity index is 864. The molecule has 2 rings (SSSR count). The van der Waals surface area contributed by atoms with Gasteiger partial charge in [-0.25, -0.2) is 4.79 Å². The van der Waals surface area contributed by atoms with Crippen molar-refractivity contribution in [2.45, 2.75) is 13.8 Å². The summed E-state index contributed by atoms with van der Waals surface area (Å²) in [5.41, 5.74) is 2.80. The molecule has 0 fully saturated rings. The molecule has 7 heteroatoms. The molecule has 1 aromatic carbocycles. The van der Waals surface area contributed by atoms with Gasteiger partial charge in [-0.15, -0.1) is 11.3 Å². The summed E-state index contributed by atoms with van der Waals surface area (Å²) < 4.78 is 4.89. The van der Waals surface area contributed by atoms with Gasteiger partial charge in [0.25, 0.3) is 0 Å². The molecule has 5 nitrogen and oxygen atoms in total. The lowest BCUT2D eigenvalue weighted by Gasteiger charge is -2.10. The van der Waals surface area contributed by atoms with Gasteiger partial charge in [-0.1, -0.05) is 18.2 Å². The number of benzene rings is 1. The van der Waals surface area contributed by atoms with Crippen LogP contribution in [0.5, 0.6) is 0 Å². The molecule has 0 amide bonds. The maximum absolute atomic E-state index is 12.2. The quantitative estimate of drug-likeness (QED) is 0.466. The van der Waals surface area contributed by atoms with Crippen molar-refractivity contribution in [1.82, 2.24) is 0 Å². The monoisotopic (exact) mass is 371 g/mol. The maximum atomic E-state index is 12.2. The van der Waals surface area contributed by atoms with Crippen molar-refractivity contribution < 1.29 is 9.53 Å². The standard InChI is InChI=1S/C18H17N3O2S2/c1-11(9-10-19)15-12(2)14(17(22)23-3)16(25-15)21-18(24)20-13-7-5-4-6-8-13/h4-9H,1-3H3,(H2,20,21,24)/b11-9+. The van der Waals surface area contributed by atoms with Crippen molar-refractivity contribution in [2.24, 2.45) is 0 Å². The normalized spacial score (nSPS) is 10.7. The van der Waals surface area contributed by atoms with Crippen molar-refractivity contribution in [3.8, 4) is 6.07 Å². The summed E-state index contributed by atoms with van der Waals surface area (Å²) in [5, 5.41) is 15.9.